The summed E-state index contributed by atoms with van der Waals surface area (Å²) in [6, 6.07) is 0. The molecule has 0 aliphatic rings. The van der Waals surface area contributed by atoms with Crippen LogP contribution in [0.3, 0.4) is 0 Å². The van der Waals surface area contributed by atoms with Crippen molar-refractivity contribution in [1.82, 2.24) is 15.6 Å². The van der Waals surface area contributed by atoms with Crippen LogP contribution in [0.15, 0.2) is 27.8 Å². The van der Waals surface area contributed by atoms with Crippen LogP contribution in [0.5, 0.6) is 0 Å². The Bertz CT molecular complexity index is 475. The Labute approximate surface area is 151 Å². The summed E-state index contributed by atoms with van der Waals surface area (Å²) in [5.41, 5.74) is -0.0236. The fourth-order valence-corrected chi connectivity index (χ4v) is 1.66. The molecule has 0 aliphatic carbocycles. The molecule has 1 aromatic rings. The SMILES string of the molecule is CC=CCCNC(=NCc1ncc(C(C)(C)C)o1)NCC.I. The van der Waals surface area contributed by atoms with E-state index in [4.69, 9.17) is 4.42 Å². The first kappa shape index (κ1) is 20.9. The minimum absolute atomic E-state index is 0. The first-order valence-electron chi connectivity index (χ1n) is 7.56. The molecule has 0 bridgehead atoms. The van der Waals surface area contributed by atoms with Crippen LogP contribution in [0.25, 0.3) is 0 Å². The highest BCUT2D eigenvalue weighted by molar-refractivity contribution is 14.0. The van der Waals surface area contributed by atoms with Crippen LogP contribution in [0.2, 0.25) is 0 Å². The first-order valence-corrected chi connectivity index (χ1v) is 7.56. The average molecular weight is 420 g/mol. The van der Waals surface area contributed by atoms with Crippen LogP contribution in [0.1, 0.15) is 52.7 Å². The monoisotopic (exact) mass is 420 g/mol. The van der Waals surface area contributed by atoms with Crippen LogP contribution < -0.4 is 10.6 Å². The van der Waals surface area contributed by atoms with Crippen molar-refractivity contribution in [2.24, 2.45) is 4.99 Å². The van der Waals surface area contributed by atoms with Crippen molar-refractivity contribution in [3.05, 3.63) is 30.0 Å². The lowest BCUT2D eigenvalue weighted by Crippen LogP contribution is -2.37. The van der Waals surface area contributed by atoms with Gasteiger partial charge in [0, 0.05) is 18.5 Å². The fraction of sp³-hybridized carbons (Fsp3) is 0.625. The lowest BCUT2D eigenvalue weighted by Gasteiger charge is -2.13. The van der Waals surface area contributed by atoms with Crippen molar-refractivity contribution in [2.75, 3.05) is 13.1 Å². The van der Waals surface area contributed by atoms with E-state index in [1.807, 2.05) is 19.9 Å². The molecular formula is C16H29IN4O. The molecule has 1 aromatic heterocycles. The summed E-state index contributed by atoms with van der Waals surface area (Å²) in [6.07, 6.45) is 6.94. The molecule has 0 unspecified atom stereocenters. The maximum absolute atomic E-state index is 5.73. The molecule has 6 heteroatoms. The Morgan fingerprint density at radius 3 is 2.64 bits per heavy atom. The van der Waals surface area contributed by atoms with E-state index in [0.29, 0.717) is 12.4 Å². The standard InChI is InChI=1S/C16H28N4O.HI/c1-6-8-9-10-18-15(17-7-2)20-12-14-19-11-13(21-14)16(3,4)5;/h6,8,11H,7,9-10,12H2,1-5H3,(H2,17,18,20);1H. The topological polar surface area (TPSA) is 62.5 Å². The molecule has 0 aliphatic heterocycles. The third-order valence-corrected chi connectivity index (χ3v) is 2.85. The molecule has 0 spiro atoms. The lowest BCUT2D eigenvalue weighted by atomic mass is 9.94. The van der Waals surface area contributed by atoms with Crippen molar-refractivity contribution in [1.29, 1.82) is 0 Å². The Kier molecular flexibility index (Phi) is 10.1. The third-order valence-electron chi connectivity index (χ3n) is 2.85. The van der Waals surface area contributed by atoms with E-state index in [1.165, 1.54) is 0 Å². The van der Waals surface area contributed by atoms with Crippen molar-refractivity contribution >= 4 is 29.9 Å². The quantitative estimate of drug-likeness (QED) is 0.243. The molecule has 1 heterocycles. The van der Waals surface area contributed by atoms with E-state index < -0.39 is 0 Å². The van der Waals surface area contributed by atoms with E-state index in [1.54, 1.807) is 6.20 Å². The summed E-state index contributed by atoms with van der Waals surface area (Å²) >= 11 is 0. The molecule has 0 atom stereocenters. The molecule has 0 saturated carbocycles. The van der Waals surface area contributed by atoms with E-state index in [9.17, 15) is 0 Å². The number of rotatable bonds is 6. The van der Waals surface area contributed by atoms with Crippen molar-refractivity contribution in [3.63, 3.8) is 0 Å². The summed E-state index contributed by atoms with van der Waals surface area (Å²) in [6.45, 7) is 12.5. The number of hydrogen-bond donors (Lipinski definition) is 2. The second-order valence-corrected chi connectivity index (χ2v) is 5.85. The van der Waals surface area contributed by atoms with E-state index in [-0.39, 0.29) is 29.4 Å². The highest BCUT2D eigenvalue weighted by Crippen LogP contribution is 2.22. The van der Waals surface area contributed by atoms with Gasteiger partial charge < -0.3 is 15.1 Å². The number of aliphatic imine (C=N–C) groups is 1. The molecular weight excluding hydrogens is 391 g/mol. The van der Waals surface area contributed by atoms with E-state index in [0.717, 1.165) is 31.2 Å². The zero-order chi connectivity index (χ0) is 15.7. The Balaban J connectivity index is 0.00000441. The highest BCUT2D eigenvalue weighted by Gasteiger charge is 2.18. The maximum atomic E-state index is 5.73. The molecule has 126 valence electrons. The number of nitrogens with one attached hydrogen (secondary N) is 2. The minimum Gasteiger partial charge on any atom is -0.443 e. The number of aromatic nitrogens is 1. The van der Waals surface area contributed by atoms with Gasteiger partial charge >= 0.3 is 0 Å². The largest absolute Gasteiger partial charge is 0.443 e. The van der Waals surface area contributed by atoms with Crippen LogP contribution in [0.4, 0.5) is 0 Å². The van der Waals surface area contributed by atoms with Gasteiger partial charge in [0.05, 0.1) is 6.20 Å². The number of allylic oxidation sites excluding steroid dienone is 1. The number of oxazole rings is 1. The molecule has 0 saturated heterocycles. The summed E-state index contributed by atoms with van der Waals surface area (Å²) in [5, 5.41) is 6.49. The summed E-state index contributed by atoms with van der Waals surface area (Å²) < 4.78 is 5.73. The predicted octanol–water partition coefficient (Wildman–Crippen LogP) is 3.61. The molecule has 2 N–H and O–H groups in total. The smallest absolute Gasteiger partial charge is 0.216 e. The second-order valence-electron chi connectivity index (χ2n) is 5.85. The van der Waals surface area contributed by atoms with Gasteiger partial charge in [0.25, 0.3) is 0 Å². The Morgan fingerprint density at radius 2 is 2.09 bits per heavy atom. The number of halogens is 1. The van der Waals surface area contributed by atoms with Crippen molar-refractivity contribution in [3.8, 4) is 0 Å². The average Bonchev–Trinajstić information content (AvgIpc) is 2.89. The first-order chi connectivity index (χ1) is 9.97. The van der Waals surface area contributed by atoms with Gasteiger partial charge in [0.1, 0.15) is 12.3 Å². The van der Waals surface area contributed by atoms with Gasteiger partial charge in [-0.25, -0.2) is 9.98 Å². The maximum Gasteiger partial charge on any atom is 0.216 e. The molecule has 5 nitrogen and oxygen atoms in total. The highest BCUT2D eigenvalue weighted by atomic mass is 127. The van der Waals surface area contributed by atoms with Gasteiger partial charge in [-0.2, -0.15) is 0 Å². The van der Waals surface area contributed by atoms with Gasteiger partial charge in [-0.1, -0.05) is 32.9 Å². The predicted molar refractivity (Wildman–Crippen MR) is 103 cm³/mol. The minimum atomic E-state index is -0.0236. The number of nitrogens with zero attached hydrogens (tertiary/aromatic N) is 2. The van der Waals surface area contributed by atoms with Gasteiger partial charge in [0.15, 0.2) is 5.96 Å². The third kappa shape index (κ3) is 7.82. The van der Waals surface area contributed by atoms with Crippen LogP contribution >= 0.6 is 24.0 Å². The number of hydrogen-bond acceptors (Lipinski definition) is 3. The Hall–Kier alpha value is -1.05. The molecule has 0 amide bonds. The van der Waals surface area contributed by atoms with Crippen LogP contribution in [-0.4, -0.2) is 24.0 Å². The van der Waals surface area contributed by atoms with Gasteiger partial charge in [-0.3, -0.25) is 0 Å². The zero-order valence-electron chi connectivity index (χ0n) is 14.3. The molecule has 1 rings (SSSR count). The zero-order valence-corrected chi connectivity index (χ0v) is 16.6. The van der Waals surface area contributed by atoms with Crippen LogP contribution in [-0.2, 0) is 12.0 Å². The van der Waals surface area contributed by atoms with Crippen LogP contribution in [0, 0.1) is 0 Å². The van der Waals surface area contributed by atoms with Crippen molar-refractivity contribution < 1.29 is 4.42 Å². The van der Waals surface area contributed by atoms with E-state index >= 15 is 0 Å². The van der Waals surface area contributed by atoms with Crippen molar-refractivity contribution in [2.45, 2.75) is 53.0 Å². The van der Waals surface area contributed by atoms with Gasteiger partial charge in [0.2, 0.25) is 5.89 Å². The molecule has 22 heavy (non-hydrogen) atoms. The number of guanidine groups is 1. The molecule has 0 radical (unpaired) electrons. The summed E-state index contributed by atoms with van der Waals surface area (Å²) in [4.78, 5) is 8.77. The molecule has 0 fully saturated rings. The second kappa shape index (κ2) is 10.6. The Morgan fingerprint density at radius 1 is 1.36 bits per heavy atom. The summed E-state index contributed by atoms with van der Waals surface area (Å²) in [7, 11) is 0. The lowest BCUT2D eigenvalue weighted by molar-refractivity contribution is 0.383. The fourth-order valence-electron chi connectivity index (χ4n) is 1.66. The van der Waals surface area contributed by atoms with E-state index in [2.05, 4.69) is 47.5 Å². The summed E-state index contributed by atoms with van der Waals surface area (Å²) in [5.74, 6) is 2.32. The molecule has 0 aromatic carbocycles. The van der Waals surface area contributed by atoms with Gasteiger partial charge in [-0.05, 0) is 20.3 Å². The normalized spacial score (nSPS) is 12.3. The van der Waals surface area contributed by atoms with Gasteiger partial charge in [-0.15, -0.1) is 24.0 Å².